The van der Waals surface area contributed by atoms with Gasteiger partial charge in [0.2, 0.25) is 5.91 Å². The number of carbonyl (C=O) groups excluding carboxylic acids is 1. The predicted octanol–water partition coefficient (Wildman–Crippen LogP) is 1.44. The summed E-state index contributed by atoms with van der Waals surface area (Å²) in [5.41, 5.74) is 0.988. The van der Waals surface area contributed by atoms with Crippen LogP contribution in [0.5, 0.6) is 5.75 Å². The second-order valence-corrected chi connectivity index (χ2v) is 5.18. The molecule has 0 radical (unpaired) electrons. The molecule has 24 heavy (non-hydrogen) atoms. The minimum Gasteiger partial charge on any atom is -0.494 e. The van der Waals surface area contributed by atoms with E-state index in [-0.39, 0.29) is 17.7 Å². The highest BCUT2D eigenvalue weighted by Gasteiger charge is 2.23. The number of benzene rings is 1. The van der Waals surface area contributed by atoms with Gasteiger partial charge < -0.3 is 15.2 Å². The summed E-state index contributed by atoms with van der Waals surface area (Å²) in [6, 6.07) is 4.22. The van der Waals surface area contributed by atoms with Crippen LogP contribution in [0.15, 0.2) is 30.5 Å². The van der Waals surface area contributed by atoms with Gasteiger partial charge in [-0.15, -0.1) is 0 Å². The second-order valence-electron chi connectivity index (χ2n) is 5.18. The van der Waals surface area contributed by atoms with E-state index in [1.54, 1.807) is 24.0 Å². The zero-order valence-corrected chi connectivity index (χ0v) is 13.3. The van der Waals surface area contributed by atoms with Crippen LogP contribution in [0.3, 0.4) is 0 Å². The van der Waals surface area contributed by atoms with E-state index in [0.29, 0.717) is 6.42 Å². The maximum Gasteiger partial charge on any atom is 0.330 e. The van der Waals surface area contributed by atoms with E-state index in [0.717, 1.165) is 11.8 Å². The highest BCUT2D eigenvalue weighted by atomic mass is 19.1. The van der Waals surface area contributed by atoms with Gasteiger partial charge in [0.15, 0.2) is 17.6 Å². The van der Waals surface area contributed by atoms with Crippen molar-refractivity contribution in [1.82, 2.24) is 15.1 Å². The van der Waals surface area contributed by atoms with Crippen molar-refractivity contribution in [3.63, 3.8) is 0 Å². The third-order valence-electron chi connectivity index (χ3n) is 3.59. The minimum absolute atomic E-state index is 0.00502. The number of aliphatic carboxylic acids is 1. The molecule has 1 aromatic carbocycles. The molecular formula is C16H18FN3O4. The Bertz CT molecular complexity index is 745. The Morgan fingerprint density at radius 3 is 2.71 bits per heavy atom. The van der Waals surface area contributed by atoms with E-state index < -0.39 is 23.7 Å². The zero-order chi connectivity index (χ0) is 17.7. The molecule has 1 heterocycles. The van der Waals surface area contributed by atoms with Gasteiger partial charge in [0.05, 0.1) is 7.11 Å². The van der Waals surface area contributed by atoms with Crippen molar-refractivity contribution in [3.05, 3.63) is 47.5 Å². The summed E-state index contributed by atoms with van der Waals surface area (Å²) in [7, 11) is 3.07. The number of carboxylic acid groups (broad SMARTS) is 1. The highest BCUT2D eigenvalue weighted by molar-refractivity contribution is 5.84. The maximum absolute atomic E-state index is 13.7. The van der Waals surface area contributed by atoms with Gasteiger partial charge in [0.1, 0.15) is 0 Å². The number of nitrogens with zero attached hydrogens (tertiary/aromatic N) is 2. The van der Waals surface area contributed by atoms with Gasteiger partial charge in [-0.25, -0.2) is 9.18 Å². The van der Waals surface area contributed by atoms with Gasteiger partial charge >= 0.3 is 5.97 Å². The van der Waals surface area contributed by atoms with Crippen molar-refractivity contribution >= 4 is 11.9 Å². The number of amides is 1. The van der Waals surface area contributed by atoms with Gasteiger partial charge in [-0.1, -0.05) is 6.07 Å². The Kier molecular flexibility index (Phi) is 5.51. The quantitative estimate of drug-likeness (QED) is 0.799. The number of aryl methyl sites for hydroxylation is 2. The van der Waals surface area contributed by atoms with Gasteiger partial charge in [-0.2, -0.15) is 5.10 Å². The molecule has 7 nitrogen and oxygen atoms in total. The van der Waals surface area contributed by atoms with Crippen molar-refractivity contribution in [1.29, 1.82) is 0 Å². The number of methoxy groups -OCH3 is 1. The molecular weight excluding hydrogens is 317 g/mol. The number of hydrogen-bond acceptors (Lipinski definition) is 4. The first-order valence-electron chi connectivity index (χ1n) is 7.25. The Morgan fingerprint density at radius 1 is 1.42 bits per heavy atom. The number of carboxylic acids is 1. The number of rotatable bonds is 7. The number of nitrogens with one attached hydrogen (secondary N) is 1. The normalized spacial score (nSPS) is 11.8. The summed E-state index contributed by atoms with van der Waals surface area (Å²) < 4.78 is 20.2. The molecule has 0 saturated heterocycles. The first kappa shape index (κ1) is 17.5. The van der Waals surface area contributed by atoms with Gasteiger partial charge in [-0.3, -0.25) is 9.48 Å². The van der Waals surface area contributed by atoms with Crippen LogP contribution in [0.25, 0.3) is 0 Å². The molecule has 0 saturated carbocycles. The Hall–Kier alpha value is -2.90. The molecule has 0 fully saturated rings. The number of halogens is 1. The first-order valence-corrected chi connectivity index (χ1v) is 7.25. The molecule has 0 aliphatic heterocycles. The van der Waals surface area contributed by atoms with Gasteiger partial charge in [-0.05, 0) is 30.2 Å². The largest absolute Gasteiger partial charge is 0.494 e. The second kappa shape index (κ2) is 7.58. The van der Waals surface area contributed by atoms with Crippen molar-refractivity contribution in [3.8, 4) is 5.75 Å². The van der Waals surface area contributed by atoms with Crippen LogP contribution in [0, 0.1) is 5.82 Å². The SMILES string of the molecule is COc1ccc(C(NC(=O)CCc2ccnn2C)C(=O)O)cc1F. The molecule has 1 atom stereocenters. The summed E-state index contributed by atoms with van der Waals surface area (Å²) in [4.78, 5) is 23.4. The fourth-order valence-electron chi connectivity index (χ4n) is 2.27. The van der Waals surface area contributed by atoms with Crippen LogP contribution in [-0.4, -0.2) is 33.9 Å². The molecule has 1 unspecified atom stereocenters. The summed E-state index contributed by atoms with van der Waals surface area (Å²) in [6.45, 7) is 0. The molecule has 2 N–H and O–H groups in total. The van der Waals surface area contributed by atoms with E-state index in [4.69, 9.17) is 4.74 Å². The van der Waals surface area contributed by atoms with E-state index >= 15 is 0 Å². The lowest BCUT2D eigenvalue weighted by Gasteiger charge is -2.16. The fourth-order valence-corrected chi connectivity index (χ4v) is 2.27. The number of carbonyl (C=O) groups is 2. The molecule has 1 amide bonds. The number of hydrogen-bond donors (Lipinski definition) is 2. The first-order chi connectivity index (χ1) is 11.4. The Morgan fingerprint density at radius 2 is 2.17 bits per heavy atom. The summed E-state index contributed by atoms with van der Waals surface area (Å²) in [5.74, 6) is -2.40. The molecule has 0 aliphatic rings. The summed E-state index contributed by atoms with van der Waals surface area (Å²) in [5, 5.41) is 15.7. The van der Waals surface area contributed by atoms with Crippen LogP contribution in [0.1, 0.15) is 23.7 Å². The van der Waals surface area contributed by atoms with Crippen LogP contribution in [0.2, 0.25) is 0 Å². The summed E-state index contributed by atoms with van der Waals surface area (Å²) in [6.07, 6.45) is 2.14. The predicted molar refractivity (Wildman–Crippen MR) is 83.0 cm³/mol. The third kappa shape index (κ3) is 4.09. The van der Waals surface area contributed by atoms with Crippen LogP contribution >= 0.6 is 0 Å². The van der Waals surface area contributed by atoms with Gasteiger partial charge in [0, 0.05) is 25.4 Å². The zero-order valence-electron chi connectivity index (χ0n) is 13.3. The molecule has 2 aromatic rings. The molecule has 2 rings (SSSR count). The smallest absolute Gasteiger partial charge is 0.330 e. The average molecular weight is 335 g/mol. The van der Waals surface area contributed by atoms with Gasteiger partial charge in [0.25, 0.3) is 0 Å². The number of aromatic nitrogens is 2. The monoisotopic (exact) mass is 335 g/mol. The van der Waals surface area contributed by atoms with Crippen molar-refractivity contribution in [2.45, 2.75) is 18.9 Å². The van der Waals surface area contributed by atoms with Crippen LogP contribution < -0.4 is 10.1 Å². The third-order valence-corrected chi connectivity index (χ3v) is 3.59. The molecule has 0 aliphatic carbocycles. The lowest BCUT2D eigenvalue weighted by atomic mass is 10.1. The Balaban J connectivity index is 2.05. The summed E-state index contributed by atoms with van der Waals surface area (Å²) >= 11 is 0. The fraction of sp³-hybridized carbons (Fsp3) is 0.312. The maximum atomic E-state index is 13.7. The van der Waals surface area contributed by atoms with E-state index in [9.17, 15) is 19.1 Å². The van der Waals surface area contributed by atoms with Crippen LogP contribution in [-0.2, 0) is 23.1 Å². The molecule has 1 aromatic heterocycles. The van der Waals surface area contributed by atoms with E-state index in [1.807, 2.05) is 0 Å². The number of ether oxygens (including phenoxy) is 1. The molecule has 128 valence electrons. The van der Waals surface area contributed by atoms with Crippen molar-refractivity contribution in [2.24, 2.45) is 7.05 Å². The standard InChI is InChI=1S/C16H18FN3O4/c1-20-11(7-8-18-20)4-6-14(21)19-15(16(22)23)10-3-5-13(24-2)12(17)9-10/h3,5,7-9,15H,4,6H2,1-2H3,(H,19,21)(H,22,23). The van der Waals surface area contributed by atoms with Crippen molar-refractivity contribution in [2.75, 3.05) is 7.11 Å². The average Bonchev–Trinajstić information content (AvgIpc) is 2.95. The minimum atomic E-state index is -1.33. The van der Waals surface area contributed by atoms with E-state index in [1.165, 1.54) is 19.2 Å². The van der Waals surface area contributed by atoms with E-state index in [2.05, 4.69) is 10.4 Å². The Labute approximate surface area is 138 Å². The molecule has 0 spiro atoms. The topological polar surface area (TPSA) is 93.5 Å². The van der Waals surface area contributed by atoms with Crippen molar-refractivity contribution < 1.29 is 23.8 Å². The highest BCUT2D eigenvalue weighted by Crippen LogP contribution is 2.22. The molecule has 0 bridgehead atoms. The lowest BCUT2D eigenvalue weighted by Crippen LogP contribution is -2.34. The van der Waals surface area contributed by atoms with Crippen LogP contribution in [0.4, 0.5) is 4.39 Å². The lowest BCUT2D eigenvalue weighted by molar-refractivity contribution is -0.142. The molecule has 8 heteroatoms.